The Morgan fingerprint density at radius 3 is 2.19 bits per heavy atom. The van der Waals surface area contributed by atoms with Gasteiger partial charge in [-0.15, -0.1) is 0 Å². The Labute approximate surface area is 157 Å². The van der Waals surface area contributed by atoms with Crippen LogP contribution in [0.3, 0.4) is 0 Å². The van der Waals surface area contributed by atoms with Gasteiger partial charge in [0.1, 0.15) is 0 Å². The van der Waals surface area contributed by atoms with Gasteiger partial charge in [0.15, 0.2) is 0 Å². The van der Waals surface area contributed by atoms with Crippen LogP contribution in [0.15, 0.2) is 59.5 Å². The number of amides is 1. The molecule has 1 amide bonds. The summed E-state index contributed by atoms with van der Waals surface area (Å²) >= 11 is 0.473. The Morgan fingerprint density at radius 1 is 1.04 bits per heavy atom. The number of nitrogens with zero attached hydrogens (tertiary/aromatic N) is 1. The zero-order chi connectivity index (χ0) is 18.9. The van der Waals surface area contributed by atoms with Crippen LogP contribution >= 0.6 is 11.8 Å². The fourth-order valence-electron chi connectivity index (χ4n) is 2.88. The molecule has 0 aromatic heterocycles. The monoisotopic (exact) mass is 378 g/mol. The highest BCUT2D eigenvalue weighted by Crippen LogP contribution is 2.25. The van der Waals surface area contributed by atoms with Crippen LogP contribution in [0.2, 0.25) is 0 Å². The number of benzene rings is 2. The molecule has 0 saturated heterocycles. The summed E-state index contributed by atoms with van der Waals surface area (Å²) in [6.07, 6.45) is 0. The second-order valence-electron chi connectivity index (χ2n) is 5.76. The number of carbonyl (C=O) groups is 1. The van der Waals surface area contributed by atoms with Crippen molar-refractivity contribution in [3.05, 3.63) is 65.7 Å². The van der Waals surface area contributed by atoms with Gasteiger partial charge >= 0.3 is 0 Å². The third-order valence-corrected chi connectivity index (χ3v) is 4.96. The van der Waals surface area contributed by atoms with Gasteiger partial charge in [-0.2, -0.15) is 8.78 Å². The predicted molar refractivity (Wildman–Crippen MR) is 103 cm³/mol. The van der Waals surface area contributed by atoms with E-state index in [4.69, 9.17) is 0 Å². The summed E-state index contributed by atoms with van der Waals surface area (Å²) in [6, 6.07) is 16.4. The van der Waals surface area contributed by atoms with E-state index in [1.165, 1.54) is 0 Å². The number of nitrogens with one attached hydrogen (secondary N) is 1. The Balaban J connectivity index is 2.04. The van der Waals surface area contributed by atoms with Crippen molar-refractivity contribution in [1.82, 2.24) is 10.2 Å². The summed E-state index contributed by atoms with van der Waals surface area (Å²) in [5.41, 5.74) is 1.62. The molecule has 6 heteroatoms. The third-order valence-electron chi connectivity index (χ3n) is 4.24. The summed E-state index contributed by atoms with van der Waals surface area (Å²) in [6.45, 7) is 6.44. The molecule has 0 radical (unpaired) electrons. The van der Waals surface area contributed by atoms with Crippen molar-refractivity contribution in [3.63, 3.8) is 0 Å². The van der Waals surface area contributed by atoms with Crippen molar-refractivity contribution in [2.75, 3.05) is 19.6 Å². The molecular weight excluding hydrogens is 354 g/mol. The summed E-state index contributed by atoms with van der Waals surface area (Å²) in [4.78, 5) is 15.2. The number of likely N-dealkylation sites (N-methyl/N-ethyl adjacent to an activating group) is 1. The summed E-state index contributed by atoms with van der Waals surface area (Å²) in [7, 11) is 0. The van der Waals surface area contributed by atoms with Gasteiger partial charge in [0.25, 0.3) is 11.7 Å². The van der Waals surface area contributed by atoms with E-state index in [1.54, 1.807) is 24.3 Å². The van der Waals surface area contributed by atoms with Gasteiger partial charge in [-0.3, -0.25) is 9.69 Å². The largest absolute Gasteiger partial charge is 0.350 e. The number of halogens is 2. The van der Waals surface area contributed by atoms with Crippen LogP contribution in [0.4, 0.5) is 8.78 Å². The lowest BCUT2D eigenvalue weighted by Crippen LogP contribution is -2.38. The van der Waals surface area contributed by atoms with Crippen molar-refractivity contribution in [1.29, 1.82) is 0 Å². The van der Waals surface area contributed by atoms with Crippen molar-refractivity contribution < 1.29 is 13.6 Å². The molecule has 1 N–H and O–H groups in total. The van der Waals surface area contributed by atoms with E-state index in [1.807, 2.05) is 18.2 Å². The molecule has 0 aliphatic heterocycles. The molecule has 2 aromatic rings. The Hall–Kier alpha value is -1.92. The van der Waals surface area contributed by atoms with E-state index in [-0.39, 0.29) is 11.9 Å². The lowest BCUT2D eigenvalue weighted by molar-refractivity contribution is 0.0935. The van der Waals surface area contributed by atoms with Gasteiger partial charge in [0.2, 0.25) is 0 Å². The number of thioether (sulfide) groups is 1. The Kier molecular flexibility index (Phi) is 8.06. The molecule has 0 spiro atoms. The zero-order valence-electron chi connectivity index (χ0n) is 15.0. The minimum absolute atomic E-state index is 0.0869. The first-order valence-electron chi connectivity index (χ1n) is 8.67. The van der Waals surface area contributed by atoms with Gasteiger partial charge in [0.05, 0.1) is 6.04 Å². The predicted octanol–water partition coefficient (Wildman–Crippen LogP) is 4.81. The molecule has 0 bridgehead atoms. The average molecular weight is 378 g/mol. The number of hydrogen-bond donors (Lipinski definition) is 1. The SMILES string of the molecule is CCN(CC)C(CNC(=O)c1ccc(SC(F)F)cc1)c1ccccc1. The first kappa shape index (κ1) is 20.4. The van der Waals surface area contributed by atoms with Gasteiger partial charge in [0, 0.05) is 17.0 Å². The Morgan fingerprint density at radius 2 is 1.65 bits per heavy atom. The molecule has 26 heavy (non-hydrogen) atoms. The number of hydrogen-bond acceptors (Lipinski definition) is 3. The molecule has 2 aromatic carbocycles. The molecule has 0 aliphatic carbocycles. The van der Waals surface area contributed by atoms with Gasteiger partial charge in [-0.05, 0) is 42.9 Å². The van der Waals surface area contributed by atoms with Crippen molar-refractivity contribution >= 4 is 17.7 Å². The van der Waals surface area contributed by atoms with Crippen molar-refractivity contribution in [3.8, 4) is 0 Å². The molecule has 1 atom stereocenters. The molecule has 0 heterocycles. The van der Waals surface area contributed by atoms with E-state index < -0.39 is 5.76 Å². The number of alkyl halides is 2. The summed E-state index contributed by atoms with van der Waals surface area (Å²) < 4.78 is 24.7. The molecule has 0 saturated carbocycles. The van der Waals surface area contributed by atoms with Crippen LogP contribution in [-0.4, -0.2) is 36.2 Å². The third kappa shape index (κ3) is 5.81. The molecule has 0 aliphatic rings. The maximum Gasteiger partial charge on any atom is 0.288 e. The maximum atomic E-state index is 12.4. The van der Waals surface area contributed by atoms with Crippen LogP contribution in [0.1, 0.15) is 35.8 Å². The number of rotatable bonds is 9. The smallest absolute Gasteiger partial charge is 0.288 e. The lowest BCUT2D eigenvalue weighted by Gasteiger charge is -2.30. The topological polar surface area (TPSA) is 32.3 Å². The van der Waals surface area contributed by atoms with E-state index >= 15 is 0 Å². The van der Waals surface area contributed by atoms with E-state index in [0.29, 0.717) is 28.8 Å². The minimum Gasteiger partial charge on any atom is -0.350 e. The minimum atomic E-state index is -2.46. The first-order chi connectivity index (χ1) is 12.5. The fourth-order valence-corrected chi connectivity index (χ4v) is 3.38. The normalized spacial score (nSPS) is 12.4. The molecule has 3 nitrogen and oxygen atoms in total. The molecule has 140 valence electrons. The molecule has 0 fully saturated rings. The van der Waals surface area contributed by atoms with E-state index in [9.17, 15) is 13.6 Å². The van der Waals surface area contributed by atoms with Crippen LogP contribution < -0.4 is 5.32 Å². The zero-order valence-corrected chi connectivity index (χ0v) is 15.8. The lowest BCUT2D eigenvalue weighted by atomic mass is 10.0. The standard InChI is InChI=1S/C20H24F2N2OS/c1-3-24(4-2)18(15-8-6-5-7-9-15)14-23-19(25)16-10-12-17(13-11-16)26-20(21)22/h5-13,18,20H,3-4,14H2,1-2H3,(H,23,25). The molecular formula is C20H24F2N2OS. The highest BCUT2D eigenvalue weighted by atomic mass is 32.2. The van der Waals surface area contributed by atoms with Crippen molar-refractivity contribution in [2.45, 2.75) is 30.5 Å². The first-order valence-corrected chi connectivity index (χ1v) is 9.55. The summed E-state index contributed by atoms with van der Waals surface area (Å²) in [5, 5.41) is 2.97. The highest BCUT2D eigenvalue weighted by molar-refractivity contribution is 7.99. The average Bonchev–Trinajstić information content (AvgIpc) is 2.65. The van der Waals surface area contributed by atoms with Crippen LogP contribution in [0.25, 0.3) is 0 Å². The summed E-state index contributed by atoms with van der Waals surface area (Å²) in [5.74, 6) is -2.66. The Bertz CT molecular complexity index is 676. The molecule has 1 unspecified atom stereocenters. The molecule has 2 rings (SSSR count). The highest BCUT2D eigenvalue weighted by Gasteiger charge is 2.19. The maximum absolute atomic E-state index is 12.4. The van der Waals surface area contributed by atoms with Gasteiger partial charge in [-0.25, -0.2) is 0 Å². The quantitative estimate of drug-likeness (QED) is 0.635. The van der Waals surface area contributed by atoms with E-state index in [2.05, 4.69) is 36.2 Å². The van der Waals surface area contributed by atoms with Gasteiger partial charge < -0.3 is 5.32 Å². The van der Waals surface area contributed by atoms with Crippen molar-refractivity contribution in [2.24, 2.45) is 0 Å². The fraction of sp³-hybridized carbons (Fsp3) is 0.350. The second kappa shape index (κ2) is 10.3. The van der Waals surface area contributed by atoms with Crippen LogP contribution in [0.5, 0.6) is 0 Å². The van der Waals surface area contributed by atoms with Crippen LogP contribution in [0, 0.1) is 0 Å². The van der Waals surface area contributed by atoms with E-state index in [0.717, 1.165) is 18.7 Å². The second-order valence-corrected chi connectivity index (χ2v) is 6.82. The van der Waals surface area contributed by atoms with Gasteiger partial charge in [-0.1, -0.05) is 55.9 Å². The van der Waals surface area contributed by atoms with Crippen LogP contribution in [-0.2, 0) is 0 Å². The number of carbonyl (C=O) groups excluding carboxylic acids is 1.